The van der Waals surface area contributed by atoms with Gasteiger partial charge in [0.2, 0.25) is 0 Å². The summed E-state index contributed by atoms with van der Waals surface area (Å²) < 4.78 is 0. The third-order valence-electron chi connectivity index (χ3n) is 3.39. The third kappa shape index (κ3) is 2.62. The summed E-state index contributed by atoms with van der Waals surface area (Å²) >= 11 is 0. The van der Waals surface area contributed by atoms with E-state index < -0.39 is 0 Å². The lowest BCUT2D eigenvalue weighted by Crippen LogP contribution is -2.32. The Labute approximate surface area is 95.5 Å². The van der Waals surface area contributed by atoms with Gasteiger partial charge in [0.25, 0.3) is 5.56 Å². The Morgan fingerprint density at radius 2 is 2.12 bits per heavy atom. The van der Waals surface area contributed by atoms with Gasteiger partial charge in [-0.25, -0.2) is 4.98 Å². The van der Waals surface area contributed by atoms with Gasteiger partial charge in [0.15, 0.2) is 5.82 Å². The van der Waals surface area contributed by atoms with E-state index in [1.54, 1.807) is 12.4 Å². The molecule has 0 unspecified atom stereocenters. The maximum Gasteiger partial charge on any atom is 0.290 e. The topological polar surface area (TPSA) is 57.8 Å². The van der Waals surface area contributed by atoms with Crippen molar-refractivity contribution in [2.45, 2.75) is 45.6 Å². The van der Waals surface area contributed by atoms with E-state index in [9.17, 15) is 4.79 Å². The first kappa shape index (κ1) is 11.2. The average Bonchev–Trinajstić information content (AvgIpc) is 2.24. The summed E-state index contributed by atoms with van der Waals surface area (Å²) in [5, 5.41) is 3.23. The Morgan fingerprint density at radius 3 is 2.75 bits per heavy atom. The number of rotatable bonds is 2. The summed E-state index contributed by atoms with van der Waals surface area (Å²) in [4.78, 5) is 18.1. The normalized spacial score (nSPS) is 20.6. The molecular weight excluding hydrogens is 202 g/mol. The number of nitrogens with zero attached hydrogens (tertiary/aromatic N) is 1. The SMILES string of the molecule is CC1(C)CCC(Nc2ncc[nH]c2=O)CC1. The second-order valence-corrected chi connectivity index (χ2v) is 5.35. The van der Waals surface area contributed by atoms with Gasteiger partial charge in [-0.2, -0.15) is 0 Å². The van der Waals surface area contributed by atoms with Crippen LogP contribution in [0, 0.1) is 5.41 Å². The molecule has 4 heteroatoms. The minimum Gasteiger partial charge on any atom is -0.363 e. The van der Waals surface area contributed by atoms with E-state index in [1.165, 1.54) is 12.8 Å². The van der Waals surface area contributed by atoms with Crippen molar-refractivity contribution < 1.29 is 0 Å². The fraction of sp³-hybridized carbons (Fsp3) is 0.667. The van der Waals surface area contributed by atoms with Crippen molar-refractivity contribution in [1.82, 2.24) is 9.97 Å². The minimum absolute atomic E-state index is 0.132. The van der Waals surface area contributed by atoms with Crippen LogP contribution < -0.4 is 10.9 Å². The van der Waals surface area contributed by atoms with Crippen LogP contribution in [0.15, 0.2) is 17.2 Å². The number of hydrogen-bond donors (Lipinski definition) is 2. The van der Waals surface area contributed by atoms with E-state index in [4.69, 9.17) is 0 Å². The lowest BCUT2D eigenvalue weighted by atomic mass is 9.75. The van der Waals surface area contributed by atoms with Crippen molar-refractivity contribution in [2.75, 3.05) is 5.32 Å². The molecule has 0 spiro atoms. The number of aromatic amines is 1. The third-order valence-corrected chi connectivity index (χ3v) is 3.39. The van der Waals surface area contributed by atoms with Crippen LogP contribution in [-0.2, 0) is 0 Å². The largest absolute Gasteiger partial charge is 0.363 e. The van der Waals surface area contributed by atoms with Gasteiger partial charge in [0, 0.05) is 18.4 Å². The standard InChI is InChI=1S/C12H19N3O/c1-12(2)5-3-9(4-6-12)15-10-11(16)14-8-7-13-10/h7-9H,3-6H2,1-2H3,(H,13,15)(H,14,16). The molecule has 1 heterocycles. The molecule has 0 atom stereocenters. The Bertz CT molecular complexity index is 401. The summed E-state index contributed by atoms with van der Waals surface area (Å²) in [6, 6.07) is 0.393. The van der Waals surface area contributed by atoms with Gasteiger partial charge in [-0.05, 0) is 31.1 Å². The number of nitrogens with one attached hydrogen (secondary N) is 2. The Kier molecular flexibility index (Phi) is 2.99. The molecule has 0 amide bonds. The second-order valence-electron chi connectivity index (χ2n) is 5.35. The van der Waals surface area contributed by atoms with E-state index in [0.717, 1.165) is 12.8 Å². The summed E-state index contributed by atoms with van der Waals surface area (Å²) in [6.45, 7) is 4.60. The Balaban J connectivity index is 1.97. The quantitative estimate of drug-likeness (QED) is 0.804. The van der Waals surface area contributed by atoms with Crippen LogP contribution in [0.1, 0.15) is 39.5 Å². The van der Waals surface area contributed by atoms with E-state index >= 15 is 0 Å². The smallest absolute Gasteiger partial charge is 0.290 e. The molecule has 1 aliphatic rings. The van der Waals surface area contributed by atoms with E-state index in [-0.39, 0.29) is 5.56 Å². The molecule has 2 N–H and O–H groups in total. The van der Waals surface area contributed by atoms with Gasteiger partial charge < -0.3 is 10.3 Å². The van der Waals surface area contributed by atoms with E-state index in [1.807, 2.05) is 0 Å². The van der Waals surface area contributed by atoms with Crippen LogP contribution >= 0.6 is 0 Å². The maximum atomic E-state index is 11.4. The van der Waals surface area contributed by atoms with E-state index in [2.05, 4.69) is 29.1 Å². The monoisotopic (exact) mass is 221 g/mol. The molecule has 1 aromatic rings. The zero-order valence-electron chi connectivity index (χ0n) is 9.92. The van der Waals surface area contributed by atoms with Gasteiger partial charge in [0.1, 0.15) is 0 Å². The molecule has 4 nitrogen and oxygen atoms in total. The molecule has 0 aromatic carbocycles. The fourth-order valence-corrected chi connectivity index (χ4v) is 2.19. The van der Waals surface area contributed by atoms with Crippen molar-refractivity contribution in [3.63, 3.8) is 0 Å². The lowest BCUT2D eigenvalue weighted by molar-refractivity contribution is 0.232. The molecule has 1 saturated carbocycles. The molecule has 1 fully saturated rings. The van der Waals surface area contributed by atoms with Crippen LogP contribution in [-0.4, -0.2) is 16.0 Å². The zero-order valence-corrected chi connectivity index (χ0v) is 9.92. The summed E-state index contributed by atoms with van der Waals surface area (Å²) in [7, 11) is 0. The Hall–Kier alpha value is -1.32. The molecule has 0 aliphatic heterocycles. The van der Waals surface area contributed by atoms with Gasteiger partial charge in [-0.3, -0.25) is 4.79 Å². The van der Waals surface area contributed by atoms with Gasteiger partial charge >= 0.3 is 0 Å². The summed E-state index contributed by atoms with van der Waals surface area (Å²) in [5.74, 6) is 0.451. The van der Waals surface area contributed by atoms with Crippen LogP contribution in [0.2, 0.25) is 0 Å². The number of aromatic nitrogens is 2. The first-order valence-electron chi connectivity index (χ1n) is 5.87. The fourth-order valence-electron chi connectivity index (χ4n) is 2.19. The molecule has 16 heavy (non-hydrogen) atoms. The highest BCUT2D eigenvalue weighted by molar-refractivity contribution is 5.31. The van der Waals surface area contributed by atoms with Gasteiger partial charge in [0.05, 0.1) is 0 Å². The van der Waals surface area contributed by atoms with Crippen molar-refractivity contribution in [1.29, 1.82) is 0 Å². The van der Waals surface area contributed by atoms with Crippen molar-refractivity contribution in [3.05, 3.63) is 22.7 Å². The molecular formula is C12H19N3O. The molecule has 0 bridgehead atoms. The van der Waals surface area contributed by atoms with Gasteiger partial charge in [-0.1, -0.05) is 13.8 Å². The number of H-pyrrole nitrogens is 1. The number of anilines is 1. The second kappa shape index (κ2) is 4.28. The predicted molar refractivity (Wildman–Crippen MR) is 64.5 cm³/mol. The van der Waals surface area contributed by atoms with Crippen molar-refractivity contribution >= 4 is 5.82 Å². The van der Waals surface area contributed by atoms with Crippen LogP contribution in [0.25, 0.3) is 0 Å². The molecule has 1 aliphatic carbocycles. The summed E-state index contributed by atoms with van der Waals surface area (Å²) in [6.07, 6.45) is 7.80. The zero-order chi connectivity index (χ0) is 11.6. The van der Waals surface area contributed by atoms with Crippen LogP contribution in [0.3, 0.4) is 0 Å². The summed E-state index contributed by atoms with van der Waals surface area (Å²) in [5.41, 5.74) is 0.321. The van der Waals surface area contributed by atoms with Gasteiger partial charge in [-0.15, -0.1) is 0 Å². The molecule has 88 valence electrons. The molecule has 0 radical (unpaired) electrons. The predicted octanol–water partition coefficient (Wildman–Crippen LogP) is 2.15. The van der Waals surface area contributed by atoms with Crippen molar-refractivity contribution in [3.8, 4) is 0 Å². The molecule has 1 aromatic heterocycles. The van der Waals surface area contributed by atoms with Crippen LogP contribution in [0.5, 0.6) is 0 Å². The van der Waals surface area contributed by atoms with Crippen LogP contribution in [0.4, 0.5) is 5.82 Å². The molecule has 2 rings (SSSR count). The van der Waals surface area contributed by atoms with E-state index in [0.29, 0.717) is 17.3 Å². The van der Waals surface area contributed by atoms with Crippen molar-refractivity contribution in [2.24, 2.45) is 5.41 Å². The average molecular weight is 221 g/mol. The first-order chi connectivity index (χ1) is 7.57. The highest BCUT2D eigenvalue weighted by atomic mass is 16.1. The highest BCUT2D eigenvalue weighted by Gasteiger charge is 2.27. The maximum absolute atomic E-state index is 11.4. The minimum atomic E-state index is -0.132. The Morgan fingerprint density at radius 1 is 1.44 bits per heavy atom. The molecule has 0 saturated heterocycles. The lowest BCUT2D eigenvalue weighted by Gasteiger charge is -2.34. The first-order valence-corrected chi connectivity index (χ1v) is 5.87. The highest BCUT2D eigenvalue weighted by Crippen LogP contribution is 2.35. The number of hydrogen-bond acceptors (Lipinski definition) is 3.